The van der Waals surface area contributed by atoms with Gasteiger partial charge in [0, 0.05) is 43.2 Å². The number of carbonyl (C=O) groups excluding carboxylic acids is 10. The molecule has 0 unspecified atom stereocenters. The molecule has 28 heteroatoms. The highest BCUT2D eigenvalue weighted by atomic mass is 32.2. The van der Waals surface area contributed by atoms with Crippen LogP contribution in [0.15, 0.2) is 30.5 Å². The van der Waals surface area contributed by atoms with Crippen molar-refractivity contribution in [1.82, 2.24) is 51.6 Å². The number of primary amides is 1. The number of aromatic amines is 1. The molecule has 436 valence electrons. The third kappa shape index (κ3) is 17.0. The van der Waals surface area contributed by atoms with Gasteiger partial charge in [-0.15, -0.1) is 0 Å². The predicted molar refractivity (Wildman–Crippen MR) is 292 cm³/mol. The summed E-state index contributed by atoms with van der Waals surface area (Å²) < 4.78 is 0. The Hall–Kier alpha value is -6.49. The molecule has 10 amide bonds. The van der Waals surface area contributed by atoms with Crippen LogP contribution in [-0.2, 0) is 59.2 Å². The molecule has 0 spiro atoms. The molecule has 2 aromatic rings. The Kier molecular flexibility index (Phi) is 24.2. The molecule has 26 nitrogen and oxygen atoms in total. The van der Waals surface area contributed by atoms with Gasteiger partial charge in [0.1, 0.15) is 54.4 Å². The number of H-pyrrole nitrogens is 1. The van der Waals surface area contributed by atoms with E-state index in [1.54, 1.807) is 6.20 Å². The Bertz CT molecular complexity index is 2540. The van der Waals surface area contributed by atoms with Crippen molar-refractivity contribution < 1.29 is 68.1 Å². The number of thioether (sulfide) groups is 2. The van der Waals surface area contributed by atoms with Gasteiger partial charge in [0.25, 0.3) is 0 Å². The van der Waals surface area contributed by atoms with E-state index in [2.05, 4.69) is 36.9 Å². The molecule has 3 saturated heterocycles. The average Bonchev–Trinajstić information content (AvgIpc) is 4.38. The van der Waals surface area contributed by atoms with Crippen molar-refractivity contribution in [1.29, 1.82) is 0 Å². The summed E-state index contributed by atoms with van der Waals surface area (Å²) >= 11 is 2.90. The maximum Gasteiger partial charge on any atom is 0.303 e. The molecule has 4 heterocycles. The number of aliphatic carboxylic acids is 1. The van der Waals surface area contributed by atoms with Crippen molar-refractivity contribution in [3.8, 4) is 0 Å². The van der Waals surface area contributed by atoms with Crippen LogP contribution in [0, 0.1) is 0 Å². The summed E-state index contributed by atoms with van der Waals surface area (Å²) in [6.07, 6.45) is 5.07. The van der Waals surface area contributed by atoms with E-state index in [9.17, 15) is 68.1 Å². The fraction of sp³-hybridized carbons (Fsp3) is 0.627. The van der Waals surface area contributed by atoms with Crippen molar-refractivity contribution in [2.75, 3.05) is 50.3 Å². The fourth-order valence-electron chi connectivity index (χ4n) is 9.98. The van der Waals surface area contributed by atoms with Crippen LogP contribution in [-0.4, -0.2) is 217 Å². The van der Waals surface area contributed by atoms with Crippen LogP contribution in [0.3, 0.4) is 0 Å². The maximum absolute atomic E-state index is 14.4. The van der Waals surface area contributed by atoms with Gasteiger partial charge in [-0.2, -0.15) is 23.5 Å². The lowest BCUT2D eigenvalue weighted by atomic mass is 10.0. The van der Waals surface area contributed by atoms with Gasteiger partial charge in [0.2, 0.25) is 59.1 Å². The van der Waals surface area contributed by atoms with E-state index < -0.39 is 151 Å². The van der Waals surface area contributed by atoms with E-state index in [0.29, 0.717) is 37.2 Å². The smallest absolute Gasteiger partial charge is 0.303 e. The first-order valence-electron chi connectivity index (χ1n) is 26.4. The molecular formula is C51H76N12O14S2. The zero-order valence-corrected chi connectivity index (χ0v) is 46.5. The number of likely N-dealkylation sites (tertiary alicyclic amines) is 3. The van der Waals surface area contributed by atoms with Gasteiger partial charge < -0.3 is 78.4 Å². The zero-order chi connectivity index (χ0) is 58.1. The third-order valence-corrected chi connectivity index (χ3v) is 15.6. The molecule has 3 fully saturated rings. The van der Waals surface area contributed by atoms with Gasteiger partial charge in [0.15, 0.2) is 0 Å². The third-order valence-electron chi connectivity index (χ3n) is 14.3. The van der Waals surface area contributed by atoms with Crippen LogP contribution in [0.1, 0.15) is 83.6 Å². The number of aliphatic hydroxyl groups is 2. The lowest BCUT2D eigenvalue weighted by molar-refractivity contribution is -0.146. The number of rotatable bonds is 29. The van der Waals surface area contributed by atoms with Crippen molar-refractivity contribution in [3.05, 3.63) is 36.0 Å². The largest absolute Gasteiger partial charge is 0.481 e. The van der Waals surface area contributed by atoms with Crippen LogP contribution in [0.2, 0.25) is 0 Å². The molecule has 11 atom stereocenters. The number of nitrogens with one attached hydrogen (secondary N) is 7. The number of para-hydroxylation sites is 1. The van der Waals surface area contributed by atoms with Gasteiger partial charge in [-0.05, 0) is 114 Å². The number of nitrogens with two attached hydrogens (primary N) is 2. The summed E-state index contributed by atoms with van der Waals surface area (Å²) in [7, 11) is 0. The van der Waals surface area contributed by atoms with Crippen molar-refractivity contribution >= 4 is 99.5 Å². The number of hydrogen-bond acceptors (Lipinski definition) is 16. The van der Waals surface area contributed by atoms with E-state index in [1.807, 2.05) is 36.8 Å². The first-order valence-corrected chi connectivity index (χ1v) is 29.2. The molecule has 3 aliphatic heterocycles. The lowest BCUT2D eigenvalue weighted by Gasteiger charge is -2.33. The summed E-state index contributed by atoms with van der Waals surface area (Å²) in [4.78, 5) is 155. The second kappa shape index (κ2) is 30.2. The number of fused-ring (bicyclic) bond motifs is 1. The monoisotopic (exact) mass is 1140 g/mol. The van der Waals surface area contributed by atoms with Crippen LogP contribution >= 0.6 is 23.5 Å². The van der Waals surface area contributed by atoms with E-state index >= 15 is 0 Å². The molecular weight excluding hydrogens is 1070 g/mol. The minimum absolute atomic E-state index is 0.0384. The molecule has 5 rings (SSSR count). The second-order valence-corrected chi connectivity index (χ2v) is 22.0. The Labute approximate surface area is 466 Å². The summed E-state index contributed by atoms with van der Waals surface area (Å²) in [5.74, 6) is -7.96. The molecule has 14 N–H and O–H groups in total. The predicted octanol–water partition coefficient (Wildman–Crippen LogP) is -2.83. The number of benzene rings is 1. The fourth-order valence-corrected chi connectivity index (χ4v) is 10.9. The molecule has 1 aromatic carbocycles. The normalized spacial score (nSPS) is 20.2. The van der Waals surface area contributed by atoms with Gasteiger partial charge in [0.05, 0.1) is 18.8 Å². The molecule has 0 aliphatic carbocycles. The van der Waals surface area contributed by atoms with Gasteiger partial charge in [-0.25, -0.2) is 0 Å². The molecule has 0 saturated carbocycles. The van der Waals surface area contributed by atoms with Gasteiger partial charge in [-0.1, -0.05) is 18.2 Å². The van der Waals surface area contributed by atoms with Gasteiger partial charge >= 0.3 is 5.97 Å². The molecule has 0 bridgehead atoms. The molecule has 79 heavy (non-hydrogen) atoms. The molecule has 1 aromatic heterocycles. The first-order chi connectivity index (χ1) is 37.6. The van der Waals surface area contributed by atoms with Crippen LogP contribution in [0.4, 0.5) is 0 Å². The number of aliphatic hydroxyl groups excluding tert-OH is 2. The van der Waals surface area contributed by atoms with E-state index in [4.69, 9.17) is 11.5 Å². The number of hydrogen-bond donors (Lipinski definition) is 12. The zero-order valence-electron chi connectivity index (χ0n) is 44.9. The van der Waals surface area contributed by atoms with Crippen molar-refractivity contribution in [2.45, 2.75) is 151 Å². The standard InChI is InChI=1S/C51H76N12O14S2/c1-27(55-44(70)31(52)24-29-25-54-32-11-6-5-10-30(29)32)43(69)59-36(26-64)45(71)60-41(28(2)65)51(77)63-21-9-14-39(63)48(74)57-34(15-16-40(66)67)49(75)61-19-8-13-38(61)47(73)58-35(18-23-79-4)50(76)62-20-7-12-37(62)46(72)56-33(42(53)68)17-22-78-3/h5-6,10-11,25,27-28,31,33-39,41,54,64-65H,7-9,12-24,26,52H2,1-4H3,(H2,53,68)(H,55,70)(H,56,72)(H,57,74)(H,58,73)(H,59,69)(H,60,71)(H,66,67)/t27-,28+,31-,33-,34-,35-,36-,37-,38-,39-,41-/m0/s1. The number of carboxylic acids is 1. The highest BCUT2D eigenvalue weighted by molar-refractivity contribution is 7.98. The second-order valence-electron chi connectivity index (χ2n) is 20.0. The summed E-state index contributed by atoms with van der Waals surface area (Å²) in [6, 6.07) is -5.15. The minimum Gasteiger partial charge on any atom is -0.481 e. The van der Waals surface area contributed by atoms with Crippen LogP contribution in [0.25, 0.3) is 10.9 Å². The highest BCUT2D eigenvalue weighted by Gasteiger charge is 2.45. The molecule has 3 aliphatic rings. The van der Waals surface area contributed by atoms with Gasteiger partial charge in [-0.3, -0.25) is 52.7 Å². The van der Waals surface area contributed by atoms with E-state index in [1.165, 1.54) is 47.2 Å². The number of carbonyl (C=O) groups is 11. The van der Waals surface area contributed by atoms with Crippen molar-refractivity contribution in [3.63, 3.8) is 0 Å². The maximum atomic E-state index is 14.4. The van der Waals surface area contributed by atoms with E-state index in [0.717, 1.165) is 21.4 Å². The SMILES string of the molecule is CSCC[C@H](NC(=O)[C@@H]1CCCN1C(=O)[C@H](CCSC)NC(=O)[C@@H]1CCCN1C(=O)[C@H](CCC(=O)O)NC(=O)[C@@H]1CCCN1C(=O)[C@@H](NC(=O)[C@H](CO)NC(=O)[C@H](C)NC(=O)[C@@H](N)Cc1c[nH]c2ccccc12)[C@@H](C)O)C(N)=O. The quantitative estimate of drug-likeness (QED) is 0.0391. The summed E-state index contributed by atoms with van der Waals surface area (Å²) in [5.41, 5.74) is 13.4. The highest BCUT2D eigenvalue weighted by Crippen LogP contribution is 2.25. The Morgan fingerprint density at radius 3 is 1.65 bits per heavy atom. The van der Waals surface area contributed by atoms with Crippen LogP contribution < -0.4 is 43.4 Å². The number of amides is 10. The van der Waals surface area contributed by atoms with E-state index in [-0.39, 0.29) is 51.7 Å². The number of nitrogens with zero attached hydrogens (tertiary/aromatic N) is 3. The summed E-state index contributed by atoms with van der Waals surface area (Å²) in [5, 5.41) is 46.7. The van der Waals surface area contributed by atoms with Crippen molar-refractivity contribution in [2.24, 2.45) is 11.5 Å². The Balaban J connectivity index is 1.21. The Morgan fingerprint density at radius 1 is 0.658 bits per heavy atom. The Morgan fingerprint density at radius 2 is 1.15 bits per heavy atom. The number of aromatic nitrogens is 1. The minimum atomic E-state index is -1.72. The topological polar surface area (TPSA) is 398 Å². The first kappa shape index (κ1) is 63.3. The molecule has 0 radical (unpaired) electrons. The lowest BCUT2D eigenvalue weighted by Crippen LogP contribution is -2.62. The average molecular weight is 1150 g/mol. The van der Waals surface area contributed by atoms with Crippen LogP contribution in [0.5, 0.6) is 0 Å². The number of carboxylic acid groups (broad SMARTS) is 1. The summed E-state index contributed by atoms with van der Waals surface area (Å²) in [6.45, 7) is 1.78.